The molecule has 1 aliphatic carbocycles. The smallest absolute Gasteiger partial charge is 0.134 e. The lowest BCUT2D eigenvalue weighted by molar-refractivity contribution is -0.0795. The molecule has 0 saturated heterocycles. The largest absolute Gasteiger partial charge is 0.381 e. The molecular weight excluding hydrogens is 264 g/mol. The Morgan fingerprint density at radius 2 is 2.00 bits per heavy atom. The standard InChI is InChI=1S/C16H28N4O/c1-6-8-11-14(17-7-2)18-10-19-15(11)20-12-9-13(21-5)16(12,3)4/h10,12-13H,6-9H2,1-5H3,(H2,17,18,19,20). The second-order valence-corrected chi connectivity index (χ2v) is 6.31. The van der Waals surface area contributed by atoms with Gasteiger partial charge in [0.1, 0.15) is 18.0 Å². The normalized spacial score (nSPS) is 23.5. The predicted molar refractivity (Wildman–Crippen MR) is 86.8 cm³/mol. The molecule has 0 aromatic carbocycles. The van der Waals surface area contributed by atoms with E-state index >= 15 is 0 Å². The molecule has 21 heavy (non-hydrogen) atoms. The van der Waals surface area contributed by atoms with E-state index in [1.165, 1.54) is 5.56 Å². The summed E-state index contributed by atoms with van der Waals surface area (Å²) >= 11 is 0. The van der Waals surface area contributed by atoms with Crippen LogP contribution in [-0.2, 0) is 11.2 Å². The number of anilines is 2. The molecule has 1 saturated carbocycles. The molecule has 0 spiro atoms. The Kier molecular flexibility index (Phi) is 5.04. The van der Waals surface area contributed by atoms with Gasteiger partial charge in [-0.15, -0.1) is 0 Å². The molecule has 5 nitrogen and oxygen atoms in total. The van der Waals surface area contributed by atoms with Crippen molar-refractivity contribution in [1.29, 1.82) is 0 Å². The summed E-state index contributed by atoms with van der Waals surface area (Å²) in [6, 6.07) is 0.391. The number of nitrogens with one attached hydrogen (secondary N) is 2. The van der Waals surface area contributed by atoms with Crippen LogP contribution in [0, 0.1) is 5.41 Å². The first-order chi connectivity index (χ1) is 10.0. The summed E-state index contributed by atoms with van der Waals surface area (Å²) in [4.78, 5) is 8.85. The van der Waals surface area contributed by atoms with E-state index in [2.05, 4.69) is 48.3 Å². The van der Waals surface area contributed by atoms with Crippen LogP contribution in [0.2, 0.25) is 0 Å². The van der Waals surface area contributed by atoms with E-state index in [-0.39, 0.29) is 5.41 Å². The molecule has 2 N–H and O–H groups in total. The average molecular weight is 292 g/mol. The molecule has 2 unspecified atom stereocenters. The van der Waals surface area contributed by atoms with Crippen LogP contribution in [0.5, 0.6) is 0 Å². The first-order valence-electron chi connectivity index (χ1n) is 7.91. The zero-order valence-corrected chi connectivity index (χ0v) is 13.9. The molecule has 1 aromatic heterocycles. The van der Waals surface area contributed by atoms with Crippen LogP contribution in [0.3, 0.4) is 0 Å². The number of nitrogens with zero attached hydrogens (tertiary/aromatic N) is 2. The second-order valence-electron chi connectivity index (χ2n) is 6.31. The highest BCUT2D eigenvalue weighted by Crippen LogP contribution is 2.44. The maximum absolute atomic E-state index is 5.52. The van der Waals surface area contributed by atoms with Gasteiger partial charge in [-0.3, -0.25) is 0 Å². The molecule has 1 aliphatic rings. The van der Waals surface area contributed by atoms with Crippen LogP contribution in [0.15, 0.2) is 6.33 Å². The summed E-state index contributed by atoms with van der Waals surface area (Å²) in [6.45, 7) is 9.63. The maximum Gasteiger partial charge on any atom is 0.134 e. The molecular formula is C16H28N4O. The molecule has 2 rings (SSSR count). The maximum atomic E-state index is 5.52. The van der Waals surface area contributed by atoms with Crippen molar-refractivity contribution in [2.45, 2.75) is 59.1 Å². The van der Waals surface area contributed by atoms with E-state index < -0.39 is 0 Å². The minimum atomic E-state index is 0.127. The fraction of sp³-hybridized carbons (Fsp3) is 0.750. The first-order valence-corrected chi connectivity index (χ1v) is 7.91. The van der Waals surface area contributed by atoms with Crippen molar-refractivity contribution in [1.82, 2.24) is 9.97 Å². The number of ether oxygens (including phenoxy) is 1. The lowest BCUT2D eigenvalue weighted by Gasteiger charge is -2.51. The summed E-state index contributed by atoms with van der Waals surface area (Å²) in [6.07, 6.45) is 5.04. The number of hydrogen-bond acceptors (Lipinski definition) is 5. The van der Waals surface area contributed by atoms with E-state index in [0.717, 1.165) is 37.4 Å². The Labute approximate surface area is 127 Å². The molecule has 0 radical (unpaired) electrons. The lowest BCUT2D eigenvalue weighted by Crippen LogP contribution is -2.57. The number of methoxy groups -OCH3 is 1. The van der Waals surface area contributed by atoms with Gasteiger partial charge in [0.15, 0.2) is 0 Å². The topological polar surface area (TPSA) is 59.1 Å². The Morgan fingerprint density at radius 3 is 2.57 bits per heavy atom. The SMILES string of the molecule is CCCc1c(NCC)ncnc1NC1CC(OC)C1(C)C. The summed E-state index contributed by atoms with van der Waals surface area (Å²) in [5.41, 5.74) is 1.32. The van der Waals surface area contributed by atoms with E-state index in [9.17, 15) is 0 Å². The second kappa shape index (κ2) is 6.60. The third-order valence-corrected chi connectivity index (χ3v) is 4.56. The Hall–Kier alpha value is -1.36. The lowest BCUT2D eigenvalue weighted by atomic mass is 9.64. The van der Waals surface area contributed by atoms with Gasteiger partial charge in [0.2, 0.25) is 0 Å². The summed E-state index contributed by atoms with van der Waals surface area (Å²) in [5, 5.41) is 6.95. The summed E-state index contributed by atoms with van der Waals surface area (Å²) < 4.78 is 5.52. The van der Waals surface area contributed by atoms with Crippen LogP contribution in [0.25, 0.3) is 0 Å². The van der Waals surface area contributed by atoms with Crippen molar-refractivity contribution in [2.75, 3.05) is 24.3 Å². The molecule has 2 atom stereocenters. The number of hydrogen-bond donors (Lipinski definition) is 2. The van der Waals surface area contributed by atoms with Gasteiger partial charge >= 0.3 is 0 Å². The van der Waals surface area contributed by atoms with Crippen LogP contribution in [-0.4, -0.2) is 35.8 Å². The van der Waals surface area contributed by atoms with Gasteiger partial charge in [0.25, 0.3) is 0 Å². The highest BCUT2D eigenvalue weighted by molar-refractivity contribution is 5.58. The fourth-order valence-electron chi connectivity index (χ4n) is 3.04. The van der Waals surface area contributed by atoms with Gasteiger partial charge < -0.3 is 15.4 Å². The summed E-state index contributed by atoms with van der Waals surface area (Å²) in [7, 11) is 1.79. The van der Waals surface area contributed by atoms with E-state index in [1.54, 1.807) is 13.4 Å². The van der Waals surface area contributed by atoms with Gasteiger partial charge in [-0.1, -0.05) is 27.2 Å². The Balaban J connectivity index is 2.18. The minimum Gasteiger partial charge on any atom is -0.381 e. The average Bonchev–Trinajstić information content (AvgIpc) is 2.46. The highest BCUT2D eigenvalue weighted by atomic mass is 16.5. The van der Waals surface area contributed by atoms with Gasteiger partial charge in [0.05, 0.1) is 6.10 Å². The number of aromatic nitrogens is 2. The van der Waals surface area contributed by atoms with E-state index in [1.807, 2.05) is 0 Å². The van der Waals surface area contributed by atoms with Crippen molar-refractivity contribution < 1.29 is 4.74 Å². The van der Waals surface area contributed by atoms with Gasteiger partial charge in [0, 0.05) is 30.7 Å². The van der Waals surface area contributed by atoms with Crippen molar-refractivity contribution in [3.05, 3.63) is 11.9 Å². The third-order valence-electron chi connectivity index (χ3n) is 4.56. The van der Waals surface area contributed by atoms with Gasteiger partial charge in [-0.25, -0.2) is 9.97 Å². The molecule has 118 valence electrons. The van der Waals surface area contributed by atoms with Crippen molar-refractivity contribution in [3.8, 4) is 0 Å². The zero-order chi connectivity index (χ0) is 15.5. The van der Waals surface area contributed by atoms with Gasteiger partial charge in [-0.05, 0) is 19.8 Å². The molecule has 0 amide bonds. The fourth-order valence-corrected chi connectivity index (χ4v) is 3.04. The van der Waals surface area contributed by atoms with Crippen molar-refractivity contribution >= 4 is 11.6 Å². The van der Waals surface area contributed by atoms with E-state index in [4.69, 9.17) is 4.74 Å². The van der Waals surface area contributed by atoms with Crippen LogP contribution in [0.4, 0.5) is 11.6 Å². The highest BCUT2D eigenvalue weighted by Gasteiger charge is 2.48. The Bertz CT molecular complexity index is 475. The third kappa shape index (κ3) is 3.12. The van der Waals surface area contributed by atoms with E-state index in [0.29, 0.717) is 12.1 Å². The van der Waals surface area contributed by atoms with Crippen LogP contribution >= 0.6 is 0 Å². The minimum absolute atomic E-state index is 0.127. The van der Waals surface area contributed by atoms with Crippen LogP contribution < -0.4 is 10.6 Å². The van der Waals surface area contributed by atoms with Gasteiger partial charge in [-0.2, -0.15) is 0 Å². The monoisotopic (exact) mass is 292 g/mol. The number of rotatable bonds is 7. The molecule has 0 bridgehead atoms. The molecule has 1 fully saturated rings. The molecule has 1 heterocycles. The quantitative estimate of drug-likeness (QED) is 0.808. The molecule has 0 aliphatic heterocycles. The van der Waals surface area contributed by atoms with Crippen LogP contribution in [0.1, 0.15) is 46.1 Å². The van der Waals surface area contributed by atoms with Crippen molar-refractivity contribution in [3.63, 3.8) is 0 Å². The molecule has 1 aromatic rings. The first kappa shape index (κ1) is 16.0. The van der Waals surface area contributed by atoms with Crippen molar-refractivity contribution in [2.24, 2.45) is 5.41 Å². The Morgan fingerprint density at radius 1 is 1.29 bits per heavy atom. The summed E-state index contributed by atoms with van der Waals surface area (Å²) in [5.74, 6) is 1.92. The zero-order valence-electron chi connectivity index (χ0n) is 13.9. The molecule has 5 heteroatoms. The predicted octanol–water partition coefficient (Wildman–Crippen LogP) is 3.09.